The van der Waals surface area contributed by atoms with Gasteiger partial charge in [-0.1, -0.05) is 152 Å². The van der Waals surface area contributed by atoms with Crippen LogP contribution in [0.5, 0.6) is 0 Å². The van der Waals surface area contributed by atoms with Crippen LogP contribution >= 0.6 is 11.6 Å². The molecule has 3 nitrogen and oxygen atoms in total. The highest BCUT2D eigenvalue weighted by molar-refractivity contribution is 6.31. The van der Waals surface area contributed by atoms with Gasteiger partial charge in [0.15, 0.2) is 5.60 Å². The Morgan fingerprint density at radius 1 is 0.757 bits per heavy atom. The number of rotatable bonds is 10. The maximum absolute atomic E-state index is 12.5. The molecule has 37 heavy (non-hydrogen) atoms. The summed E-state index contributed by atoms with van der Waals surface area (Å²) >= 11 is 6.64. The first kappa shape index (κ1) is 34.4. The fourth-order valence-corrected chi connectivity index (χ4v) is 4.21. The summed E-state index contributed by atoms with van der Waals surface area (Å²) in [4.78, 5) is 12.5. The first-order chi connectivity index (χ1) is 18.1. The van der Waals surface area contributed by atoms with Gasteiger partial charge in [0.05, 0.1) is 6.54 Å². The molecule has 2 N–H and O–H groups in total. The molecule has 0 aromatic heterocycles. The van der Waals surface area contributed by atoms with Gasteiger partial charge in [0.1, 0.15) is 0 Å². The Labute approximate surface area is 231 Å². The lowest BCUT2D eigenvalue weighted by molar-refractivity contribution is -0.151. The average Bonchev–Trinajstić information content (AvgIpc) is 2.98. The molecule has 0 fully saturated rings. The van der Waals surface area contributed by atoms with E-state index in [2.05, 4.69) is 19.1 Å². The highest BCUT2D eigenvalue weighted by atomic mass is 35.5. The Hall–Kier alpha value is -2.62. The Morgan fingerprint density at radius 3 is 1.84 bits per heavy atom. The number of halogens is 1. The van der Waals surface area contributed by atoms with Gasteiger partial charge in [-0.25, -0.2) is 0 Å². The maximum Gasteiger partial charge on any atom is 0.321 e. The Balaban J connectivity index is 0.00000201. The SMILES string of the molecule is CC.CC.CC.CCCCCCc1ccc(C(OC(=O)CN)(c2ccccc2)c2ccccc2Cl)cc1. The number of ether oxygens (including phenoxy) is 1. The number of carbonyl (C=O) groups excluding carboxylic acids is 1. The number of nitrogens with two attached hydrogens (primary N) is 1. The van der Waals surface area contributed by atoms with Crippen molar-refractivity contribution in [2.75, 3.05) is 6.54 Å². The van der Waals surface area contributed by atoms with Gasteiger partial charge in [0.25, 0.3) is 0 Å². The molecule has 0 radical (unpaired) electrons. The fourth-order valence-electron chi connectivity index (χ4n) is 3.94. The minimum atomic E-state index is -1.18. The van der Waals surface area contributed by atoms with Crippen molar-refractivity contribution in [2.24, 2.45) is 5.73 Å². The molecule has 1 unspecified atom stereocenters. The van der Waals surface area contributed by atoms with Crippen LogP contribution in [0.25, 0.3) is 0 Å². The molecular formula is C33H48ClNO2. The number of carbonyl (C=O) groups is 1. The van der Waals surface area contributed by atoms with Crippen LogP contribution in [-0.2, 0) is 21.6 Å². The summed E-state index contributed by atoms with van der Waals surface area (Å²) in [7, 11) is 0. The standard InChI is InChI=1S/C27H30ClNO2.3C2H6/c1-2-3-4-6-11-21-16-18-23(19-17-21)27(31-26(30)20-29,22-12-7-5-8-13-22)24-14-9-10-15-25(24)28;3*1-2/h5,7-10,12-19H,2-4,6,11,20,29H2,1H3;3*1-2H3. The van der Waals surface area contributed by atoms with Gasteiger partial charge in [-0.15, -0.1) is 0 Å². The van der Waals surface area contributed by atoms with Crippen LogP contribution < -0.4 is 5.73 Å². The monoisotopic (exact) mass is 525 g/mol. The highest BCUT2D eigenvalue weighted by Gasteiger charge is 2.41. The van der Waals surface area contributed by atoms with Gasteiger partial charge in [-0.3, -0.25) is 4.79 Å². The van der Waals surface area contributed by atoms with Crippen LogP contribution in [0.3, 0.4) is 0 Å². The van der Waals surface area contributed by atoms with Crippen molar-refractivity contribution < 1.29 is 9.53 Å². The van der Waals surface area contributed by atoms with Crippen LogP contribution in [0.15, 0.2) is 78.9 Å². The van der Waals surface area contributed by atoms with Crippen molar-refractivity contribution in [3.63, 3.8) is 0 Å². The number of esters is 1. The Bertz CT molecular complexity index is 973. The van der Waals surface area contributed by atoms with E-state index < -0.39 is 11.6 Å². The molecular weight excluding hydrogens is 478 g/mol. The van der Waals surface area contributed by atoms with Crippen molar-refractivity contribution in [3.8, 4) is 0 Å². The van der Waals surface area contributed by atoms with E-state index in [1.165, 1.54) is 31.2 Å². The smallest absolute Gasteiger partial charge is 0.321 e. The van der Waals surface area contributed by atoms with Gasteiger partial charge in [-0.05, 0) is 24.5 Å². The van der Waals surface area contributed by atoms with E-state index in [4.69, 9.17) is 22.1 Å². The van der Waals surface area contributed by atoms with Gasteiger partial charge in [0, 0.05) is 21.7 Å². The zero-order valence-corrected chi connectivity index (χ0v) is 24.8. The zero-order valence-electron chi connectivity index (χ0n) is 24.0. The van der Waals surface area contributed by atoms with E-state index >= 15 is 0 Å². The normalized spacial score (nSPS) is 11.3. The molecule has 0 amide bonds. The van der Waals surface area contributed by atoms with Crippen LogP contribution in [-0.4, -0.2) is 12.5 Å². The minimum absolute atomic E-state index is 0.214. The minimum Gasteiger partial charge on any atom is -0.443 e. The van der Waals surface area contributed by atoms with Crippen LogP contribution in [0.1, 0.15) is 96.4 Å². The van der Waals surface area contributed by atoms with Gasteiger partial charge >= 0.3 is 5.97 Å². The van der Waals surface area contributed by atoms with Crippen molar-refractivity contribution >= 4 is 17.6 Å². The van der Waals surface area contributed by atoms with E-state index in [0.717, 1.165) is 17.5 Å². The van der Waals surface area contributed by atoms with Gasteiger partial charge in [-0.2, -0.15) is 0 Å². The van der Waals surface area contributed by atoms with Crippen molar-refractivity contribution in [2.45, 2.75) is 86.2 Å². The molecule has 4 heteroatoms. The predicted octanol–water partition coefficient (Wildman–Crippen LogP) is 9.34. The third kappa shape index (κ3) is 9.98. The second-order valence-corrected chi connectivity index (χ2v) is 8.12. The first-order valence-electron chi connectivity index (χ1n) is 13.9. The highest BCUT2D eigenvalue weighted by Crippen LogP contribution is 2.43. The Morgan fingerprint density at radius 2 is 1.30 bits per heavy atom. The number of hydrogen-bond donors (Lipinski definition) is 1. The number of benzene rings is 3. The largest absolute Gasteiger partial charge is 0.443 e. The van der Waals surface area contributed by atoms with Crippen LogP contribution in [0, 0.1) is 0 Å². The fraction of sp³-hybridized carbons (Fsp3) is 0.424. The average molecular weight is 526 g/mol. The second-order valence-electron chi connectivity index (χ2n) is 7.71. The lowest BCUT2D eigenvalue weighted by Gasteiger charge is -2.36. The van der Waals surface area contributed by atoms with Crippen molar-refractivity contribution in [1.82, 2.24) is 0 Å². The summed E-state index contributed by atoms with van der Waals surface area (Å²) in [6.07, 6.45) is 5.93. The lowest BCUT2D eigenvalue weighted by Crippen LogP contribution is -2.37. The summed E-state index contributed by atoms with van der Waals surface area (Å²) in [6.45, 7) is 14.0. The quantitative estimate of drug-likeness (QED) is 0.163. The summed E-state index contributed by atoms with van der Waals surface area (Å²) in [5.41, 5.74) is 8.10. The number of aryl methyl sites for hydroxylation is 1. The van der Waals surface area contributed by atoms with Crippen LogP contribution in [0.4, 0.5) is 0 Å². The lowest BCUT2D eigenvalue weighted by atomic mass is 9.79. The molecule has 3 rings (SSSR count). The Kier molecular flexibility index (Phi) is 19.0. The van der Waals surface area contributed by atoms with Crippen molar-refractivity contribution in [3.05, 3.63) is 106 Å². The molecule has 204 valence electrons. The molecule has 0 spiro atoms. The summed E-state index contributed by atoms with van der Waals surface area (Å²) in [6, 6.07) is 25.5. The third-order valence-electron chi connectivity index (χ3n) is 5.55. The summed E-state index contributed by atoms with van der Waals surface area (Å²) in [5, 5.41) is 0.528. The number of hydrogen-bond acceptors (Lipinski definition) is 3. The third-order valence-corrected chi connectivity index (χ3v) is 5.88. The molecule has 0 aliphatic rings. The zero-order chi connectivity index (χ0) is 28.1. The topological polar surface area (TPSA) is 52.3 Å². The molecule has 0 heterocycles. The summed E-state index contributed by atoms with van der Waals surface area (Å²) < 4.78 is 6.13. The molecule has 3 aromatic rings. The van der Waals surface area contributed by atoms with Crippen molar-refractivity contribution in [1.29, 1.82) is 0 Å². The molecule has 0 saturated carbocycles. The van der Waals surface area contributed by atoms with Gasteiger partial charge in [0.2, 0.25) is 0 Å². The van der Waals surface area contributed by atoms with E-state index in [9.17, 15) is 4.79 Å². The molecule has 0 saturated heterocycles. The molecule has 0 aliphatic carbocycles. The maximum atomic E-state index is 12.5. The van der Waals surface area contributed by atoms with Crippen LogP contribution in [0.2, 0.25) is 5.02 Å². The van der Waals surface area contributed by atoms with E-state index in [0.29, 0.717) is 10.6 Å². The molecule has 0 bridgehead atoms. The van der Waals surface area contributed by atoms with E-state index in [-0.39, 0.29) is 6.54 Å². The second kappa shape index (κ2) is 20.4. The van der Waals surface area contributed by atoms with E-state index in [1.807, 2.05) is 108 Å². The number of unbranched alkanes of at least 4 members (excludes halogenated alkanes) is 3. The summed E-state index contributed by atoms with van der Waals surface area (Å²) in [5.74, 6) is -0.493. The first-order valence-corrected chi connectivity index (χ1v) is 14.3. The molecule has 3 aromatic carbocycles. The predicted molar refractivity (Wildman–Crippen MR) is 161 cm³/mol. The van der Waals surface area contributed by atoms with E-state index in [1.54, 1.807) is 0 Å². The molecule has 1 atom stereocenters. The molecule has 0 aliphatic heterocycles. The van der Waals surface area contributed by atoms with Gasteiger partial charge < -0.3 is 10.5 Å².